The number of hydrogen-bond donors (Lipinski definition) is 2. The molecule has 0 aliphatic heterocycles. The van der Waals surface area contributed by atoms with Gasteiger partial charge in [-0.25, -0.2) is 22.4 Å². The van der Waals surface area contributed by atoms with Crippen molar-refractivity contribution in [1.82, 2.24) is 0 Å². The van der Waals surface area contributed by atoms with Gasteiger partial charge >= 0.3 is 5.97 Å². The number of aliphatic hydroxyl groups excluding tert-OH is 1. The first kappa shape index (κ1) is 52.8. The highest BCUT2D eigenvalue weighted by Gasteiger charge is 2.45. The number of hydrogen-bond acceptors (Lipinski definition) is 8. The molecule has 0 radical (unpaired) electrons. The van der Waals surface area contributed by atoms with Crippen LogP contribution in [0.5, 0.6) is 0 Å². The summed E-state index contributed by atoms with van der Waals surface area (Å²) in [6, 6.07) is 26.9. The molecule has 3 aromatic rings. The molecule has 0 heterocycles. The number of alkyl halides is 4. The van der Waals surface area contributed by atoms with E-state index in [2.05, 4.69) is 63.2 Å². The maximum Gasteiger partial charge on any atom is 0.339 e. The Morgan fingerprint density at radius 3 is 1.46 bits per heavy atom. The molecule has 0 bridgehead atoms. The van der Waals surface area contributed by atoms with Crippen molar-refractivity contribution in [2.75, 3.05) is 19.6 Å². The first-order valence-electron chi connectivity index (χ1n) is 17.6. The van der Waals surface area contributed by atoms with Crippen LogP contribution in [-0.2, 0) is 38.8 Å². The molecule has 2 N–H and O–H groups in total. The lowest BCUT2D eigenvalue weighted by atomic mass is 10.2. The van der Waals surface area contributed by atoms with E-state index >= 15 is 0 Å². The number of azide groups is 3. The summed E-state index contributed by atoms with van der Waals surface area (Å²) in [6.45, 7) is 11.0. The molecule has 4 atom stereocenters. The summed E-state index contributed by atoms with van der Waals surface area (Å²) in [5, 5.41) is 27.3. The predicted octanol–water partition coefficient (Wildman–Crippen LogP) is 10.7. The normalized spacial score (nSPS) is 12.3. The van der Waals surface area contributed by atoms with Crippen LogP contribution >= 0.6 is 0 Å². The highest BCUT2D eigenvalue weighted by atomic mass is 19.3. The van der Waals surface area contributed by atoms with Gasteiger partial charge in [0.25, 0.3) is 11.8 Å². The molecule has 0 aromatic heterocycles. The molecular formula is C40H49F4N9O6. The third-order valence-corrected chi connectivity index (χ3v) is 7.27. The van der Waals surface area contributed by atoms with Gasteiger partial charge in [-0.2, -0.15) is 0 Å². The van der Waals surface area contributed by atoms with Gasteiger partial charge in [-0.3, -0.25) is 0 Å². The Bertz CT molecular complexity index is 1820. The zero-order valence-corrected chi connectivity index (χ0v) is 32.9. The number of allylic oxidation sites excluding steroid dienone is 2. The highest BCUT2D eigenvalue weighted by molar-refractivity contribution is 5.73. The van der Waals surface area contributed by atoms with E-state index < -0.39 is 55.3 Å². The molecule has 3 rings (SSSR count). The molecule has 3 aromatic carbocycles. The highest BCUT2D eigenvalue weighted by Crippen LogP contribution is 2.25. The average molecular weight is 828 g/mol. The number of nitrogens with zero attached hydrogens (tertiary/aromatic N) is 9. The van der Waals surface area contributed by atoms with Crippen LogP contribution in [0.1, 0.15) is 37.5 Å². The minimum atomic E-state index is -3.77. The van der Waals surface area contributed by atoms with Crippen LogP contribution in [0.2, 0.25) is 0 Å². The fraction of sp³-hybridized carbons (Fsp3) is 0.375. The second-order valence-electron chi connectivity index (χ2n) is 12.1. The van der Waals surface area contributed by atoms with E-state index in [4.69, 9.17) is 35.9 Å². The summed E-state index contributed by atoms with van der Waals surface area (Å²) < 4.78 is 69.2. The minimum absolute atomic E-state index is 0.0258. The Morgan fingerprint density at radius 1 is 0.712 bits per heavy atom. The van der Waals surface area contributed by atoms with Crippen molar-refractivity contribution in [3.05, 3.63) is 176 Å². The monoisotopic (exact) mass is 827 g/mol. The predicted molar refractivity (Wildman–Crippen MR) is 216 cm³/mol. The molecule has 0 spiro atoms. The number of rotatable bonds is 21. The Labute approximate surface area is 340 Å². The van der Waals surface area contributed by atoms with E-state index in [1.807, 2.05) is 43.3 Å². The fourth-order valence-corrected chi connectivity index (χ4v) is 4.00. The molecule has 0 unspecified atom stereocenters. The van der Waals surface area contributed by atoms with Crippen LogP contribution in [0.15, 0.2) is 143 Å². The Balaban J connectivity index is 0.000000808. The molecule has 318 valence electrons. The molecule has 59 heavy (non-hydrogen) atoms. The topological polar surface area (TPSA) is 232 Å². The van der Waals surface area contributed by atoms with Crippen molar-refractivity contribution in [2.24, 2.45) is 15.3 Å². The van der Waals surface area contributed by atoms with Crippen LogP contribution < -0.4 is 0 Å². The summed E-state index contributed by atoms with van der Waals surface area (Å²) in [5.41, 5.74) is 27.9. The average Bonchev–Trinajstić information content (AvgIpc) is 3.23. The number of carboxylic acids is 1. The largest absolute Gasteiger partial charge is 0.479 e. The molecule has 0 fully saturated rings. The Hall–Kier alpha value is -6.16. The first-order valence-corrected chi connectivity index (χ1v) is 17.6. The van der Waals surface area contributed by atoms with Crippen molar-refractivity contribution < 1.29 is 46.8 Å². The number of halogens is 4. The van der Waals surface area contributed by atoms with E-state index in [0.29, 0.717) is 12.2 Å². The number of carbonyl (C=O) groups is 1. The smallest absolute Gasteiger partial charge is 0.339 e. The SMILES string of the molecule is C=C[C@@H](OCc1ccccc1)[C@H](O)CN=[N+]=[N-].C=C[C@H](OCc1ccccc1)C(F)(F)CN=[N+]=[N-].CC=C(C)C.[N-]=[N+]=NCC(F)(F)[C@@H](OCc1ccccc1)C(=O)O. The van der Waals surface area contributed by atoms with E-state index in [1.54, 1.807) is 54.6 Å². The van der Waals surface area contributed by atoms with Crippen LogP contribution in [0, 0.1) is 0 Å². The molecule has 0 saturated carbocycles. The third-order valence-electron chi connectivity index (χ3n) is 7.27. The second-order valence-corrected chi connectivity index (χ2v) is 12.1. The summed E-state index contributed by atoms with van der Waals surface area (Å²) in [4.78, 5) is 17.9. The van der Waals surface area contributed by atoms with Crippen molar-refractivity contribution in [3.8, 4) is 0 Å². The van der Waals surface area contributed by atoms with Gasteiger partial charge in [0.2, 0.25) is 6.10 Å². The Morgan fingerprint density at radius 2 is 1.10 bits per heavy atom. The van der Waals surface area contributed by atoms with Crippen LogP contribution in [-0.4, -0.2) is 72.1 Å². The summed E-state index contributed by atoms with van der Waals surface area (Å²) in [5.74, 6) is -8.84. The summed E-state index contributed by atoms with van der Waals surface area (Å²) in [6.07, 6.45) is -0.662. The maximum absolute atomic E-state index is 13.5. The molecule has 15 nitrogen and oxygen atoms in total. The number of ether oxygens (including phenoxy) is 3. The zero-order chi connectivity index (χ0) is 44.5. The molecule has 0 saturated heterocycles. The molecule has 0 aliphatic rings. The number of aliphatic hydroxyl groups is 1. The molecule has 0 amide bonds. The lowest BCUT2D eigenvalue weighted by molar-refractivity contribution is -0.180. The van der Waals surface area contributed by atoms with Crippen molar-refractivity contribution >= 4 is 5.97 Å². The standard InChI is InChI=1S/C12H13F2N3O.C12H15N3O2.C11H11F2N3O3.C5H10/c1-2-11(12(13,14)9-16-17-15)18-8-10-6-4-3-5-7-10;1-2-12(11(16)8-14-15-13)17-9-10-6-4-3-5-7-10;12-11(13,7-15-16-14)9(10(17)18)19-6-8-4-2-1-3-5-8;1-4-5(2)3/h2-7,11H,1,8-9H2;2-7,11-12,16H,1,8-9H2;1-5,9H,6-7H2,(H,17,18);4H,1-3H3/t11-;11-,12-;9-;/m010./s1. The van der Waals surface area contributed by atoms with Gasteiger partial charge in [0.1, 0.15) is 12.2 Å². The van der Waals surface area contributed by atoms with E-state index in [9.17, 15) is 27.5 Å². The van der Waals surface area contributed by atoms with Gasteiger partial charge in [-0.05, 0) is 54.1 Å². The quantitative estimate of drug-likeness (QED) is 0.0348. The van der Waals surface area contributed by atoms with Crippen LogP contribution in [0.3, 0.4) is 0 Å². The van der Waals surface area contributed by atoms with Crippen LogP contribution in [0.25, 0.3) is 31.3 Å². The number of benzene rings is 3. The van der Waals surface area contributed by atoms with Gasteiger partial charge in [-0.1, -0.05) is 130 Å². The minimum Gasteiger partial charge on any atom is -0.479 e. The lowest BCUT2D eigenvalue weighted by Gasteiger charge is -2.22. The van der Waals surface area contributed by atoms with Gasteiger partial charge < -0.3 is 24.4 Å². The van der Waals surface area contributed by atoms with Gasteiger partial charge in [-0.15, -0.1) is 13.2 Å². The zero-order valence-electron chi connectivity index (χ0n) is 32.9. The second kappa shape index (κ2) is 30.9. The maximum atomic E-state index is 13.5. The Kier molecular flexibility index (Phi) is 27.7. The van der Waals surface area contributed by atoms with E-state index in [-0.39, 0.29) is 19.8 Å². The lowest BCUT2D eigenvalue weighted by Crippen LogP contribution is -2.44. The fourth-order valence-electron chi connectivity index (χ4n) is 4.00. The summed E-state index contributed by atoms with van der Waals surface area (Å²) >= 11 is 0. The van der Waals surface area contributed by atoms with Crippen molar-refractivity contribution in [2.45, 2.75) is 76.9 Å². The van der Waals surface area contributed by atoms with Crippen LogP contribution in [0.4, 0.5) is 17.6 Å². The van der Waals surface area contributed by atoms with Crippen molar-refractivity contribution in [1.29, 1.82) is 0 Å². The van der Waals surface area contributed by atoms with E-state index in [1.165, 1.54) is 11.6 Å². The molecule has 0 aliphatic carbocycles. The van der Waals surface area contributed by atoms with Gasteiger partial charge in [0.05, 0.1) is 45.6 Å². The number of aliphatic carboxylic acids is 1. The molecule has 19 heteroatoms. The van der Waals surface area contributed by atoms with Crippen molar-refractivity contribution in [3.63, 3.8) is 0 Å². The summed E-state index contributed by atoms with van der Waals surface area (Å²) in [7, 11) is 0. The van der Waals surface area contributed by atoms with Gasteiger partial charge in [0, 0.05) is 14.7 Å². The molecular weight excluding hydrogens is 778 g/mol. The first-order chi connectivity index (χ1) is 28.1. The van der Waals surface area contributed by atoms with Gasteiger partial charge in [0.15, 0.2) is 0 Å². The van der Waals surface area contributed by atoms with E-state index in [0.717, 1.165) is 17.2 Å². The number of carboxylic acid groups (broad SMARTS) is 1. The third kappa shape index (κ3) is 24.3.